The summed E-state index contributed by atoms with van der Waals surface area (Å²) in [5.41, 5.74) is 0.309. The molecule has 5 heteroatoms. The maximum absolute atomic E-state index is 12.0. The topological polar surface area (TPSA) is 70.6 Å². The summed E-state index contributed by atoms with van der Waals surface area (Å²) in [6.45, 7) is 10.4. The van der Waals surface area contributed by atoms with E-state index in [1.165, 1.54) is 13.2 Å². The predicted molar refractivity (Wildman–Crippen MR) is 85.0 cm³/mol. The predicted octanol–water partition coefficient (Wildman–Crippen LogP) is 3.74. The second-order valence-corrected chi connectivity index (χ2v) is 7.09. The van der Waals surface area contributed by atoms with Gasteiger partial charge in [0.25, 0.3) is 0 Å². The number of urea groups is 1. The van der Waals surface area contributed by atoms with Gasteiger partial charge in [0, 0.05) is 17.3 Å². The molecular formula is C16H26N2O3. The SMILES string of the molecule is COc1ccc(NC(=O)NC(C)(C)CC(C)(C)C)cc1O. The minimum Gasteiger partial charge on any atom is -0.504 e. The number of amides is 2. The summed E-state index contributed by atoms with van der Waals surface area (Å²) in [5.74, 6) is 0.360. The van der Waals surface area contributed by atoms with Gasteiger partial charge in [-0.3, -0.25) is 0 Å². The number of carbonyl (C=O) groups excluding carboxylic acids is 1. The molecule has 0 heterocycles. The number of phenols is 1. The number of rotatable bonds is 4. The van der Waals surface area contributed by atoms with E-state index in [1.807, 2.05) is 13.8 Å². The number of aromatic hydroxyl groups is 1. The second-order valence-electron chi connectivity index (χ2n) is 7.09. The Morgan fingerprint density at radius 1 is 1.24 bits per heavy atom. The molecule has 0 bridgehead atoms. The summed E-state index contributed by atoms with van der Waals surface area (Å²) in [4.78, 5) is 12.0. The van der Waals surface area contributed by atoms with Crippen molar-refractivity contribution in [3.05, 3.63) is 18.2 Å². The first-order valence-electron chi connectivity index (χ1n) is 6.99. The number of methoxy groups -OCH3 is 1. The Hall–Kier alpha value is -1.91. The molecule has 0 spiro atoms. The zero-order valence-electron chi connectivity index (χ0n) is 13.7. The van der Waals surface area contributed by atoms with Crippen molar-refractivity contribution in [2.75, 3.05) is 12.4 Å². The lowest BCUT2D eigenvalue weighted by Gasteiger charge is -2.33. The van der Waals surface area contributed by atoms with E-state index in [2.05, 4.69) is 31.4 Å². The Kier molecular flexibility index (Phi) is 5.10. The van der Waals surface area contributed by atoms with Crippen molar-refractivity contribution in [3.8, 4) is 11.5 Å². The fourth-order valence-corrected chi connectivity index (χ4v) is 2.61. The molecule has 0 atom stereocenters. The van der Waals surface area contributed by atoms with Crippen LogP contribution in [0.2, 0.25) is 0 Å². The van der Waals surface area contributed by atoms with Crippen LogP contribution in [0.5, 0.6) is 11.5 Å². The number of hydrogen-bond donors (Lipinski definition) is 3. The second kappa shape index (κ2) is 6.24. The van der Waals surface area contributed by atoms with E-state index >= 15 is 0 Å². The molecule has 1 aromatic carbocycles. The average Bonchev–Trinajstić information content (AvgIpc) is 2.24. The zero-order chi connectivity index (χ0) is 16.3. The molecule has 118 valence electrons. The molecule has 5 nitrogen and oxygen atoms in total. The number of nitrogens with one attached hydrogen (secondary N) is 2. The quantitative estimate of drug-likeness (QED) is 0.792. The molecule has 0 aliphatic heterocycles. The maximum atomic E-state index is 12.0. The summed E-state index contributed by atoms with van der Waals surface area (Å²) in [5, 5.41) is 15.3. The van der Waals surface area contributed by atoms with Crippen LogP contribution in [0.3, 0.4) is 0 Å². The molecule has 21 heavy (non-hydrogen) atoms. The highest BCUT2D eigenvalue weighted by molar-refractivity contribution is 5.90. The molecule has 0 saturated heterocycles. The molecule has 1 aromatic rings. The fraction of sp³-hybridized carbons (Fsp3) is 0.562. The molecule has 0 aromatic heterocycles. The third-order valence-corrected chi connectivity index (χ3v) is 2.86. The van der Waals surface area contributed by atoms with Crippen molar-refractivity contribution in [1.29, 1.82) is 0 Å². The molecule has 0 aliphatic rings. The van der Waals surface area contributed by atoms with E-state index in [0.29, 0.717) is 11.4 Å². The molecule has 0 fully saturated rings. The average molecular weight is 294 g/mol. The molecule has 0 saturated carbocycles. The Labute approximate surface area is 126 Å². The van der Waals surface area contributed by atoms with Gasteiger partial charge in [-0.1, -0.05) is 20.8 Å². The highest BCUT2D eigenvalue weighted by Gasteiger charge is 2.27. The van der Waals surface area contributed by atoms with Crippen LogP contribution in [0, 0.1) is 5.41 Å². The Bertz CT molecular complexity index is 505. The van der Waals surface area contributed by atoms with Crippen LogP contribution >= 0.6 is 0 Å². The van der Waals surface area contributed by atoms with E-state index in [0.717, 1.165) is 6.42 Å². The van der Waals surface area contributed by atoms with Gasteiger partial charge in [0.05, 0.1) is 7.11 Å². The van der Waals surface area contributed by atoms with Crippen molar-refractivity contribution in [3.63, 3.8) is 0 Å². The van der Waals surface area contributed by atoms with E-state index in [1.54, 1.807) is 12.1 Å². The van der Waals surface area contributed by atoms with Crippen LogP contribution in [-0.2, 0) is 0 Å². The highest BCUT2D eigenvalue weighted by Crippen LogP contribution is 2.29. The summed E-state index contributed by atoms with van der Waals surface area (Å²) >= 11 is 0. The lowest BCUT2D eigenvalue weighted by Crippen LogP contribution is -2.47. The fourth-order valence-electron chi connectivity index (χ4n) is 2.61. The largest absolute Gasteiger partial charge is 0.504 e. The summed E-state index contributed by atoms with van der Waals surface area (Å²) in [7, 11) is 1.48. The third kappa shape index (κ3) is 5.94. The molecule has 2 amide bonds. The van der Waals surface area contributed by atoms with Gasteiger partial charge < -0.3 is 20.5 Å². The maximum Gasteiger partial charge on any atom is 0.319 e. The monoisotopic (exact) mass is 294 g/mol. The van der Waals surface area contributed by atoms with Crippen LogP contribution < -0.4 is 15.4 Å². The Morgan fingerprint density at radius 2 is 1.86 bits per heavy atom. The molecule has 0 aliphatic carbocycles. The van der Waals surface area contributed by atoms with Gasteiger partial charge in [-0.15, -0.1) is 0 Å². The van der Waals surface area contributed by atoms with E-state index in [-0.39, 0.29) is 22.7 Å². The first-order chi connectivity index (χ1) is 9.52. The minimum atomic E-state index is -0.323. The standard InChI is InChI=1S/C16H26N2O3/c1-15(2,3)10-16(4,5)18-14(20)17-11-7-8-13(21-6)12(19)9-11/h7-9,19H,10H2,1-6H3,(H2,17,18,20). The van der Waals surface area contributed by atoms with Gasteiger partial charge in [-0.25, -0.2) is 4.79 Å². The number of benzene rings is 1. The van der Waals surface area contributed by atoms with E-state index in [4.69, 9.17) is 4.74 Å². The number of phenolic OH excluding ortho intramolecular Hbond substituents is 1. The van der Waals surface area contributed by atoms with Crippen LogP contribution in [0.25, 0.3) is 0 Å². The summed E-state index contributed by atoms with van der Waals surface area (Å²) in [6.07, 6.45) is 0.848. The van der Waals surface area contributed by atoms with Crippen molar-refractivity contribution in [1.82, 2.24) is 5.32 Å². The Morgan fingerprint density at radius 3 is 2.33 bits per heavy atom. The number of carbonyl (C=O) groups is 1. The molecule has 3 N–H and O–H groups in total. The highest BCUT2D eigenvalue weighted by atomic mass is 16.5. The van der Waals surface area contributed by atoms with Crippen LogP contribution in [-0.4, -0.2) is 23.8 Å². The summed E-state index contributed by atoms with van der Waals surface area (Å²) < 4.78 is 4.96. The third-order valence-electron chi connectivity index (χ3n) is 2.86. The van der Waals surface area contributed by atoms with Crippen molar-refractivity contribution >= 4 is 11.7 Å². The molecule has 1 rings (SSSR count). The van der Waals surface area contributed by atoms with E-state index in [9.17, 15) is 9.90 Å². The normalized spacial score (nSPS) is 11.9. The number of ether oxygens (including phenoxy) is 1. The van der Waals surface area contributed by atoms with Gasteiger partial charge in [0.2, 0.25) is 0 Å². The van der Waals surface area contributed by atoms with Gasteiger partial charge in [0.15, 0.2) is 11.5 Å². The first kappa shape index (κ1) is 17.1. The molecular weight excluding hydrogens is 268 g/mol. The van der Waals surface area contributed by atoms with Crippen molar-refractivity contribution < 1.29 is 14.6 Å². The van der Waals surface area contributed by atoms with Crippen LogP contribution in [0.15, 0.2) is 18.2 Å². The Balaban J connectivity index is 2.67. The van der Waals surface area contributed by atoms with Gasteiger partial charge in [-0.05, 0) is 37.8 Å². The van der Waals surface area contributed by atoms with Gasteiger partial charge in [-0.2, -0.15) is 0 Å². The first-order valence-corrected chi connectivity index (χ1v) is 6.99. The molecule has 0 radical (unpaired) electrons. The zero-order valence-corrected chi connectivity index (χ0v) is 13.7. The molecule has 0 unspecified atom stereocenters. The number of anilines is 1. The summed E-state index contributed by atoms with van der Waals surface area (Å²) in [6, 6.07) is 4.43. The van der Waals surface area contributed by atoms with Crippen LogP contribution in [0.1, 0.15) is 41.0 Å². The van der Waals surface area contributed by atoms with Crippen molar-refractivity contribution in [2.45, 2.75) is 46.6 Å². The lowest BCUT2D eigenvalue weighted by molar-refractivity contribution is 0.220. The van der Waals surface area contributed by atoms with Crippen LogP contribution in [0.4, 0.5) is 10.5 Å². The lowest BCUT2D eigenvalue weighted by atomic mass is 9.82. The number of hydrogen-bond acceptors (Lipinski definition) is 3. The van der Waals surface area contributed by atoms with Crippen molar-refractivity contribution in [2.24, 2.45) is 5.41 Å². The van der Waals surface area contributed by atoms with Gasteiger partial charge >= 0.3 is 6.03 Å². The smallest absolute Gasteiger partial charge is 0.319 e. The van der Waals surface area contributed by atoms with Gasteiger partial charge in [0.1, 0.15) is 0 Å². The minimum absolute atomic E-state index is 0.00995. The van der Waals surface area contributed by atoms with E-state index < -0.39 is 0 Å².